The largest absolute Gasteiger partial charge is 0.478 e. The molecule has 0 atom stereocenters. The fourth-order valence-corrected chi connectivity index (χ4v) is 7.52. The summed E-state index contributed by atoms with van der Waals surface area (Å²) in [6.07, 6.45) is 8.10. The predicted molar refractivity (Wildman–Crippen MR) is 233 cm³/mol. The van der Waals surface area contributed by atoms with Gasteiger partial charge in [0.25, 0.3) is 5.91 Å². The van der Waals surface area contributed by atoms with Crippen molar-refractivity contribution in [3.05, 3.63) is 167 Å². The lowest BCUT2D eigenvalue weighted by Crippen LogP contribution is -2.17. The average molecular weight is 804 g/mol. The second-order valence-corrected chi connectivity index (χ2v) is 13.9. The molecule has 1 amide bonds. The van der Waals surface area contributed by atoms with Crippen molar-refractivity contribution in [2.75, 3.05) is 7.05 Å². The van der Waals surface area contributed by atoms with E-state index in [-0.39, 0.29) is 23.2 Å². The van der Waals surface area contributed by atoms with Crippen molar-refractivity contribution in [1.29, 1.82) is 0 Å². The number of aromatic carboxylic acids is 2. The Morgan fingerprint density at radius 1 is 0.459 bits per heavy atom. The number of aromatic nitrogens is 4. The zero-order valence-electron chi connectivity index (χ0n) is 32.3. The maximum absolute atomic E-state index is 12.5. The molecular weight excluding hydrogens is 771 g/mol. The topological polar surface area (TPSA) is 195 Å². The molecule has 12 nitrogen and oxygen atoms in total. The first-order valence-corrected chi connectivity index (χ1v) is 18.9. The zero-order chi connectivity index (χ0) is 42.6. The number of carbonyl (C=O) groups excluding carboxylic acids is 3. The van der Waals surface area contributed by atoms with E-state index in [1.165, 1.54) is 0 Å². The standard InChI is InChI=1S/C48H33N5O5.CO2/c1-49-46(54)31-13-7-28(8-14-31)43-36-21-19-34(50-36)42(27-5-3-2-4-6-27)35-20-22-38(51-35)44(29-9-15-32(16-10-29)47(55)56)39-25-26-41(53-39)45(40-24-23-37(43)52-40)30-11-17-33(18-12-30)48(57)58;2-1-3/h2-26,51-52H,1H3,(H,49,54)(H,55,56)(H,57,58);. The van der Waals surface area contributed by atoms with Gasteiger partial charge in [-0.2, -0.15) is 9.59 Å². The van der Waals surface area contributed by atoms with Gasteiger partial charge in [0.05, 0.1) is 33.9 Å². The smallest absolute Gasteiger partial charge is 0.373 e. The van der Waals surface area contributed by atoms with Crippen LogP contribution in [-0.4, -0.2) is 61.2 Å². The highest BCUT2D eigenvalue weighted by atomic mass is 16.4. The van der Waals surface area contributed by atoms with Gasteiger partial charge in [0.2, 0.25) is 0 Å². The van der Waals surface area contributed by atoms with Crippen molar-refractivity contribution >= 4 is 70.4 Å². The lowest BCUT2D eigenvalue weighted by Gasteiger charge is -2.08. The lowest BCUT2D eigenvalue weighted by atomic mass is 10.0. The number of carboxylic acid groups (broad SMARTS) is 2. The van der Waals surface area contributed by atoms with Crippen LogP contribution in [0.25, 0.3) is 90.9 Å². The molecule has 3 aromatic heterocycles. The third kappa shape index (κ3) is 7.68. The quantitative estimate of drug-likeness (QED) is 0.104. The molecular formula is C49H33N5O7. The summed E-state index contributed by atoms with van der Waals surface area (Å²) >= 11 is 0. The van der Waals surface area contributed by atoms with E-state index < -0.39 is 11.9 Å². The first kappa shape index (κ1) is 39.1. The molecule has 7 aromatic rings. The third-order valence-corrected chi connectivity index (χ3v) is 10.3. The van der Waals surface area contributed by atoms with Crippen molar-refractivity contribution in [2.45, 2.75) is 0 Å². The first-order valence-electron chi connectivity index (χ1n) is 18.9. The van der Waals surface area contributed by atoms with Gasteiger partial charge < -0.3 is 25.5 Å². The molecule has 4 aromatic carbocycles. The monoisotopic (exact) mass is 803 g/mol. The molecule has 5 heterocycles. The van der Waals surface area contributed by atoms with Crippen LogP contribution in [0.4, 0.5) is 0 Å². The number of carboxylic acids is 2. The highest BCUT2D eigenvalue weighted by Crippen LogP contribution is 2.38. The van der Waals surface area contributed by atoms with Gasteiger partial charge in [0.15, 0.2) is 0 Å². The molecule has 0 fully saturated rings. The fourth-order valence-electron chi connectivity index (χ4n) is 7.52. The van der Waals surface area contributed by atoms with E-state index in [0.29, 0.717) is 22.6 Å². The normalized spacial score (nSPS) is 11.3. The van der Waals surface area contributed by atoms with E-state index in [1.807, 2.05) is 91.0 Å². The van der Waals surface area contributed by atoms with Crippen molar-refractivity contribution in [3.63, 3.8) is 0 Å². The minimum Gasteiger partial charge on any atom is -0.478 e. The Bertz CT molecular complexity index is 3140. The third-order valence-electron chi connectivity index (χ3n) is 10.3. The molecule has 8 bridgehead atoms. The Labute approximate surface area is 347 Å². The van der Waals surface area contributed by atoms with E-state index in [2.05, 4.69) is 15.3 Å². The van der Waals surface area contributed by atoms with Crippen LogP contribution >= 0.6 is 0 Å². The molecule has 0 unspecified atom stereocenters. The zero-order valence-corrected chi connectivity index (χ0v) is 32.3. The maximum Gasteiger partial charge on any atom is 0.373 e. The van der Waals surface area contributed by atoms with Crippen molar-refractivity contribution < 1.29 is 34.2 Å². The van der Waals surface area contributed by atoms with E-state index in [4.69, 9.17) is 19.6 Å². The number of fused-ring (bicyclic) bond motifs is 8. The second kappa shape index (κ2) is 16.6. The number of hydrogen-bond donors (Lipinski definition) is 5. The molecule has 2 aliphatic rings. The van der Waals surface area contributed by atoms with Gasteiger partial charge in [-0.25, -0.2) is 19.6 Å². The molecule has 296 valence electrons. The van der Waals surface area contributed by atoms with E-state index in [0.717, 1.165) is 72.3 Å². The summed E-state index contributed by atoms with van der Waals surface area (Å²) in [6, 6.07) is 38.8. The van der Waals surface area contributed by atoms with Gasteiger partial charge in [-0.1, -0.05) is 66.7 Å². The summed E-state index contributed by atoms with van der Waals surface area (Å²) < 4.78 is 0. The highest BCUT2D eigenvalue weighted by Gasteiger charge is 2.20. The molecule has 9 rings (SSSR count). The molecule has 0 saturated heterocycles. The number of rotatable bonds is 7. The minimum atomic E-state index is -1.03. The van der Waals surface area contributed by atoms with Crippen molar-refractivity contribution in [1.82, 2.24) is 25.3 Å². The highest BCUT2D eigenvalue weighted by molar-refractivity contribution is 6.01. The molecule has 0 radical (unpaired) electrons. The summed E-state index contributed by atoms with van der Waals surface area (Å²) in [5.74, 6) is -2.24. The Hall–Kier alpha value is -8.73. The van der Waals surface area contributed by atoms with Crippen LogP contribution in [0.15, 0.2) is 127 Å². The van der Waals surface area contributed by atoms with Crippen LogP contribution in [0.1, 0.15) is 53.8 Å². The Kier molecular flexibility index (Phi) is 10.7. The van der Waals surface area contributed by atoms with Gasteiger partial charge in [-0.05, 0) is 107 Å². The van der Waals surface area contributed by atoms with Crippen LogP contribution < -0.4 is 5.32 Å². The Balaban J connectivity index is 0.00000166. The molecule has 12 heteroatoms. The van der Waals surface area contributed by atoms with Crippen LogP contribution in [-0.2, 0) is 9.59 Å². The summed E-state index contributed by atoms with van der Waals surface area (Å²) in [6.45, 7) is 0. The number of amides is 1. The number of aromatic amines is 2. The van der Waals surface area contributed by atoms with Gasteiger partial charge in [-0.3, -0.25) is 4.79 Å². The minimum absolute atomic E-state index is 0.157. The number of benzene rings is 4. The lowest BCUT2D eigenvalue weighted by molar-refractivity contribution is -0.191. The van der Waals surface area contributed by atoms with Crippen LogP contribution in [0.5, 0.6) is 0 Å². The average Bonchev–Trinajstić information content (AvgIpc) is 4.13. The van der Waals surface area contributed by atoms with Gasteiger partial charge in [0, 0.05) is 56.9 Å². The van der Waals surface area contributed by atoms with Crippen LogP contribution in [0.2, 0.25) is 0 Å². The molecule has 0 saturated carbocycles. The van der Waals surface area contributed by atoms with Gasteiger partial charge in [0.1, 0.15) is 0 Å². The van der Waals surface area contributed by atoms with Crippen LogP contribution in [0.3, 0.4) is 0 Å². The van der Waals surface area contributed by atoms with E-state index in [1.54, 1.807) is 67.7 Å². The van der Waals surface area contributed by atoms with Crippen molar-refractivity contribution in [3.8, 4) is 44.5 Å². The van der Waals surface area contributed by atoms with E-state index in [9.17, 15) is 24.6 Å². The van der Waals surface area contributed by atoms with Gasteiger partial charge >= 0.3 is 18.1 Å². The Morgan fingerprint density at radius 3 is 1.05 bits per heavy atom. The summed E-state index contributed by atoms with van der Waals surface area (Å²) in [7, 11) is 1.60. The maximum atomic E-state index is 12.5. The Morgan fingerprint density at radius 2 is 0.754 bits per heavy atom. The predicted octanol–water partition coefficient (Wildman–Crippen LogP) is 9.50. The van der Waals surface area contributed by atoms with Crippen molar-refractivity contribution in [2.24, 2.45) is 0 Å². The fraction of sp³-hybridized carbons (Fsp3) is 0.0204. The van der Waals surface area contributed by atoms with E-state index >= 15 is 0 Å². The molecule has 0 aliphatic carbocycles. The summed E-state index contributed by atoms with van der Waals surface area (Å²) in [4.78, 5) is 70.3. The summed E-state index contributed by atoms with van der Waals surface area (Å²) in [5, 5.41) is 22.1. The second-order valence-electron chi connectivity index (χ2n) is 13.9. The molecule has 5 N–H and O–H groups in total. The first-order chi connectivity index (χ1) is 29.7. The molecule has 0 spiro atoms. The molecule has 61 heavy (non-hydrogen) atoms. The number of carbonyl (C=O) groups is 3. The number of nitrogens with one attached hydrogen (secondary N) is 3. The number of H-pyrrole nitrogens is 2. The van der Waals surface area contributed by atoms with Crippen LogP contribution in [0, 0.1) is 0 Å². The number of hydrogen-bond acceptors (Lipinski definition) is 7. The SMILES string of the molecule is CNC(=O)c1ccc(-c2c3nc(c(-c4ccccc4)c4ccc([nH]4)c(-c4ccc(C(=O)O)cc4)c4nc(c(-c5ccc(C(=O)O)cc5)c5ccc2[nH]5)C=C4)C=C3)cc1.O=C=O. The summed E-state index contributed by atoms with van der Waals surface area (Å²) in [5.41, 5.74) is 13.1. The molecule has 2 aliphatic heterocycles. The van der Waals surface area contributed by atoms with Gasteiger partial charge in [-0.15, -0.1) is 0 Å². The number of nitrogens with zero attached hydrogens (tertiary/aromatic N) is 2.